The lowest BCUT2D eigenvalue weighted by Gasteiger charge is -2.01. The predicted molar refractivity (Wildman–Crippen MR) is 98.0 cm³/mol. The van der Waals surface area contributed by atoms with Crippen molar-refractivity contribution in [1.82, 2.24) is 19.7 Å². The molecule has 0 radical (unpaired) electrons. The molecule has 2 N–H and O–H groups in total. The smallest absolute Gasteiger partial charge is 0.311 e. The van der Waals surface area contributed by atoms with Crippen molar-refractivity contribution in [1.29, 1.82) is 0 Å². The molecule has 0 saturated heterocycles. The SMILES string of the molecule is CCOC(=O)Cc1cc(=O)c2c(=O)n(-c3nc4ccccc4s3)[nH]c2[nH]1. The van der Waals surface area contributed by atoms with Gasteiger partial charge in [0.2, 0.25) is 5.13 Å². The topological polar surface area (TPSA) is 110 Å². The molecule has 8 nitrogen and oxygen atoms in total. The van der Waals surface area contributed by atoms with Crippen molar-refractivity contribution in [2.24, 2.45) is 0 Å². The Labute approximate surface area is 150 Å². The fourth-order valence-corrected chi connectivity index (χ4v) is 3.66. The van der Waals surface area contributed by atoms with Crippen molar-refractivity contribution in [3.05, 3.63) is 56.6 Å². The standard InChI is InChI=1S/C17H14N4O4S/c1-2-25-13(23)8-9-7-11(22)14-15(18-9)20-21(16(14)24)17-19-10-5-3-4-6-12(10)26-17/h3-7H,2,8H2,1H3,(H2,18,20,22). The third-order valence-corrected chi connectivity index (χ3v) is 4.86. The van der Waals surface area contributed by atoms with E-state index in [2.05, 4.69) is 15.1 Å². The van der Waals surface area contributed by atoms with Crippen molar-refractivity contribution >= 4 is 38.6 Å². The second-order valence-electron chi connectivity index (χ2n) is 5.61. The molecule has 0 fully saturated rings. The van der Waals surface area contributed by atoms with Crippen molar-refractivity contribution in [2.45, 2.75) is 13.3 Å². The number of hydrogen-bond acceptors (Lipinski definition) is 6. The summed E-state index contributed by atoms with van der Waals surface area (Å²) in [5.41, 5.74) is 0.453. The summed E-state index contributed by atoms with van der Waals surface area (Å²) in [6.07, 6.45) is -0.0760. The Morgan fingerprint density at radius 3 is 2.88 bits per heavy atom. The molecule has 4 aromatic rings. The number of nitrogens with one attached hydrogen (secondary N) is 2. The van der Waals surface area contributed by atoms with Gasteiger partial charge in [0.05, 0.1) is 23.2 Å². The van der Waals surface area contributed by atoms with Crippen molar-refractivity contribution in [2.75, 3.05) is 6.61 Å². The Hall–Kier alpha value is -3.20. The van der Waals surface area contributed by atoms with E-state index in [4.69, 9.17) is 4.74 Å². The molecule has 0 spiro atoms. The number of aromatic amines is 2. The summed E-state index contributed by atoms with van der Waals surface area (Å²) in [5.74, 6) is -0.449. The quantitative estimate of drug-likeness (QED) is 0.532. The van der Waals surface area contributed by atoms with Crippen LogP contribution in [0.5, 0.6) is 0 Å². The molecule has 0 unspecified atom stereocenters. The summed E-state index contributed by atoms with van der Waals surface area (Å²) in [4.78, 5) is 44.0. The molecule has 3 heterocycles. The van der Waals surface area contributed by atoms with Crippen LogP contribution in [0.3, 0.4) is 0 Å². The third-order valence-electron chi connectivity index (χ3n) is 3.84. The Morgan fingerprint density at radius 2 is 2.12 bits per heavy atom. The summed E-state index contributed by atoms with van der Waals surface area (Å²) in [7, 11) is 0. The van der Waals surface area contributed by atoms with E-state index >= 15 is 0 Å². The summed E-state index contributed by atoms with van der Waals surface area (Å²) in [5, 5.41) is 3.31. The van der Waals surface area contributed by atoms with Gasteiger partial charge in [-0.25, -0.2) is 4.98 Å². The molecular formula is C17H14N4O4S. The van der Waals surface area contributed by atoms with Crippen LogP contribution in [0.15, 0.2) is 39.9 Å². The number of carbonyl (C=O) groups excluding carboxylic acids is 1. The minimum atomic E-state index is -0.483. The number of H-pyrrole nitrogens is 2. The number of thiazole rings is 1. The number of ether oxygens (including phenoxy) is 1. The zero-order valence-electron chi connectivity index (χ0n) is 13.7. The molecule has 0 aliphatic heterocycles. The number of para-hydroxylation sites is 1. The lowest BCUT2D eigenvalue weighted by atomic mass is 10.2. The van der Waals surface area contributed by atoms with Gasteiger partial charge in [-0.2, -0.15) is 4.68 Å². The van der Waals surface area contributed by atoms with Crippen LogP contribution in [0.1, 0.15) is 12.6 Å². The van der Waals surface area contributed by atoms with Gasteiger partial charge in [-0.1, -0.05) is 23.5 Å². The van der Waals surface area contributed by atoms with Gasteiger partial charge in [0.1, 0.15) is 11.0 Å². The van der Waals surface area contributed by atoms with Gasteiger partial charge in [-0.05, 0) is 19.1 Å². The number of esters is 1. The maximum absolute atomic E-state index is 12.6. The largest absolute Gasteiger partial charge is 0.466 e. The molecule has 9 heteroatoms. The Kier molecular flexibility index (Phi) is 3.92. The van der Waals surface area contributed by atoms with E-state index in [9.17, 15) is 14.4 Å². The molecule has 4 rings (SSSR count). The van der Waals surface area contributed by atoms with Gasteiger partial charge in [-0.15, -0.1) is 0 Å². The van der Waals surface area contributed by atoms with E-state index < -0.39 is 17.0 Å². The number of hydrogen-bond donors (Lipinski definition) is 2. The van der Waals surface area contributed by atoms with E-state index in [1.807, 2.05) is 24.3 Å². The van der Waals surface area contributed by atoms with E-state index in [-0.39, 0.29) is 24.1 Å². The van der Waals surface area contributed by atoms with Gasteiger partial charge >= 0.3 is 5.97 Å². The minimum absolute atomic E-state index is 0.00290. The fraction of sp³-hybridized carbons (Fsp3) is 0.176. The summed E-state index contributed by atoms with van der Waals surface area (Å²) in [6, 6.07) is 8.77. The molecule has 0 aliphatic rings. The number of fused-ring (bicyclic) bond motifs is 2. The second kappa shape index (κ2) is 6.26. The first-order valence-electron chi connectivity index (χ1n) is 7.95. The van der Waals surface area contributed by atoms with Crippen LogP contribution in [-0.4, -0.2) is 32.3 Å². The highest BCUT2D eigenvalue weighted by Crippen LogP contribution is 2.23. The Balaban J connectivity index is 1.83. The molecule has 132 valence electrons. The van der Waals surface area contributed by atoms with E-state index in [0.29, 0.717) is 10.8 Å². The second-order valence-corrected chi connectivity index (χ2v) is 6.62. The minimum Gasteiger partial charge on any atom is -0.466 e. The highest BCUT2D eigenvalue weighted by molar-refractivity contribution is 7.20. The molecule has 0 bridgehead atoms. The number of pyridine rings is 1. The van der Waals surface area contributed by atoms with Crippen LogP contribution >= 0.6 is 11.3 Å². The molecule has 0 aliphatic carbocycles. The molecule has 0 saturated carbocycles. The van der Waals surface area contributed by atoms with E-state index in [1.54, 1.807) is 6.92 Å². The number of nitrogens with zero attached hydrogens (tertiary/aromatic N) is 2. The molecule has 1 aromatic carbocycles. The van der Waals surface area contributed by atoms with Gasteiger partial charge in [0, 0.05) is 11.8 Å². The first-order chi connectivity index (χ1) is 12.6. The van der Waals surface area contributed by atoms with Crippen LogP contribution in [0, 0.1) is 0 Å². The van der Waals surface area contributed by atoms with Gasteiger partial charge < -0.3 is 9.72 Å². The molecule has 3 aromatic heterocycles. The van der Waals surface area contributed by atoms with E-state index in [1.165, 1.54) is 22.1 Å². The molecular weight excluding hydrogens is 356 g/mol. The van der Waals surface area contributed by atoms with Crippen LogP contribution < -0.4 is 11.0 Å². The van der Waals surface area contributed by atoms with Gasteiger partial charge in [-0.3, -0.25) is 19.5 Å². The fourth-order valence-electron chi connectivity index (χ4n) is 2.74. The first-order valence-corrected chi connectivity index (χ1v) is 8.77. The Bertz CT molecular complexity index is 1210. The van der Waals surface area contributed by atoms with Crippen molar-refractivity contribution in [3.63, 3.8) is 0 Å². The maximum Gasteiger partial charge on any atom is 0.311 e. The lowest BCUT2D eigenvalue weighted by molar-refractivity contribution is -0.142. The zero-order valence-corrected chi connectivity index (χ0v) is 14.6. The zero-order chi connectivity index (χ0) is 18.3. The first kappa shape index (κ1) is 16.3. The van der Waals surface area contributed by atoms with Gasteiger partial charge in [0.25, 0.3) is 5.56 Å². The normalized spacial score (nSPS) is 11.3. The van der Waals surface area contributed by atoms with Crippen molar-refractivity contribution in [3.8, 4) is 5.13 Å². The molecule has 0 atom stereocenters. The number of aromatic nitrogens is 4. The Morgan fingerprint density at radius 1 is 1.31 bits per heavy atom. The third kappa shape index (κ3) is 2.72. The predicted octanol–water partition coefficient (Wildman–Crippen LogP) is 1.72. The summed E-state index contributed by atoms with van der Waals surface area (Å²) < 4.78 is 7.05. The lowest BCUT2D eigenvalue weighted by Crippen LogP contribution is -2.18. The van der Waals surface area contributed by atoms with Crippen molar-refractivity contribution < 1.29 is 9.53 Å². The highest BCUT2D eigenvalue weighted by Gasteiger charge is 2.16. The van der Waals surface area contributed by atoms with Crippen LogP contribution in [0.4, 0.5) is 0 Å². The maximum atomic E-state index is 12.6. The number of rotatable bonds is 4. The number of carbonyl (C=O) groups is 1. The highest BCUT2D eigenvalue weighted by atomic mass is 32.1. The summed E-state index contributed by atoms with van der Waals surface area (Å²) >= 11 is 1.34. The average Bonchev–Trinajstić information content (AvgIpc) is 3.16. The number of benzene rings is 1. The summed E-state index contributed by atoms with van der Waals surface area (Å²) in [6.45, 7) is 1.97. The molecule has 26 heavy (non-hydrogen) atoms. The monoisotopic (exact) mass is 370 g/mol. The van der Waals surface area contributed by atoms with Crippen LogP contribution in [-0.2, 0) is 16.0 Å². The van der Waals surface area contributed by atoms with Crippen LogP contribution in [0.25, 0.3) is 26.4 Å². The van der Waals surface area contributed by atoms with Gasteiger partial charge in [0.15, 0.2) is 5.43 Å². The average molecular weight is 370 g/mol. The van der Waals surface area contributed by atoms with Crippen LogP contribution in [0.2, 0.25) is 0 Å². The van der Waals surface area contributed by atoms with E-state index in [0.717, 1.165) is 10.2 Å². The molecule has 0 amide bonds.